The van der Waals surface area contributed by atoms with Gasteiger partial charge in [-0.15, -0.1) is 0 Å². The highest BCUT2D eigenvalue weighted by Gasteiger charge is 2.37. The van der Waals surface area contributed by atoms with Gasteiger partial charge >= 0.3 is 5.97 Å². The van der Waals surface area contributed by atoms with Gasteiger partial charge in [0, 0.05) is 18.2 Å². The smallest absolute Gasteiger partial charge is 0.317 e. The standard InChI is InChI=1S/C11H11NO3/c1-2-15-11(14)8-6-9-7(10(8)13)4-3-5-12-9/h3-5,8H,2,6H2,1H3. The van der Waals surface area contributed by atoms with Crippen molar-refractivity contribution in [3.05, 3.63) is 29.6 Å². The summed E-state index contributed by atoms with van der Waals surface area (Å²) in [5.74, 6) is -1.30. The fraction of sp³-hybridized carbons (Fsp3) is 0.364. The van der Waals surface area contributed by atoms with E-state index >= 15 is 0 Å². The lowest BCUT2D eigenvalue weighted by molar-refractivity contribution is -0.145. The highest BCUT2D eigenvalue weighted by Crippen LogP contribution is 2.25. The van der Waals surface area contributed by atoms with Crippen LogP contribution in [0.2, 0.25) is 0 Å². The number of ether oxygens (including phenoxy) is 1. The van der Waals surface area contributed by atoms with Gasteiger partial charge in [0.1, 0.15) is 5.92 Å². The number of rotatable bonds is 2. The fourth-order valence-electron chi connectivity index (χ4n) is 1.73. The van der Waals surface area contributed by atoms with Gasteiger partial charge in [0.05, 0.1) is 12.3 Å². The Hall–Kier alpha value is -1.71. The largest absolute Gasteiger partial charge is 0.465 e. The van der Waals surface area contributed by atoms with E-state index < -0.39 is 11.9 Å². The van der Waals surface area contributed by atoms with Crippen molar-refractivity contribution in [2.75, 3.05) is 6.61 Å². The Morgan fingerprint density at radius 3 is 3.13 bits per heavy atom. The van der Waals surface area contributed by atoms with E-state index in [1.807, 2.05) is 0 Å². The second kappa shape index (κ2) is 3.81. The van der Waals surface area contributed by atoms with Crippen LogP contribution in [0.4, 0.5) is 0 Å². The van der Waals surface area contributed by atoms with Crippen LogP contribution < -0.4 is 0 Å². The molecule has 1 aliphatic carbocycles. The van der Waals surface area contributed by atoms with Gasteiger partial charge < -0.3 is 4.74 Å². The first-order valence-corrected chi connectivity index (χ1v) is 4.88. The number of ketones is 1. The van der Waals surface area contributed by atoms with E-state index in [1.165, 1.54) is 0 Å². The van der Waals surface area contributed by atoms with Crippen molar-refractivity contribution in [1.29, 1.82) is 0 Å². The number of carbonyl (C=O) groups excluding carboxylic acids is 2. The number of Topliss-reactive ketones (excluding diaryl/α,β-unsaturated/α-hetero) is 1. The van der Waals surface area contributed by atoms with E-state index in [0.29, 0.717) is 24.3 Å². The Morgan fingerprint density at radius 1 is 1.67 bits per heavy atom. The molecule has 1 aromatic heterocycles. The molecule has 15 heavy (non-hydrogen) atoms. The molecule has 1 aliphatic rings. The number of fused-ring (bicyclic) bond motifs is 1. The van der Waals surface area contributed by atoms with Crippen LogP contribution in [0.15, 0.2) is 18.3 Å². The van der Waals surface area contributed by atoms with Crippen LogP contribution in [0.1, 0.15) is 23.0 Å². The summed E-state index contributed by atoms with van der Waals surface area (Å²) in [6.45, 7) is 2.02. The molecule has 0 N–H and O–H groups in total. The van der Waals surface area contributed by atoms with Gasteiger partial charge in [0.25, 0.3) is 0 Å². The van der Waals surface area contributed by atoms with Gasteiger partial charge in [0.15, 0.2) is 5.78 Å². The average molecular weight is 205 g/mol. The summed E-state index contributed by atoms with van der Waals surface area (Å²) in [5, 5.41) is 0. The Morgan fingerprint density at radius 2 is 2.47 bits per heavy atom. The van der Waals surface area contributed by atoms with Crippen molar-refractivity contribution >= 4 is 11.8 Å². The van der Waals surface area contributed by atoms with Gasteiger partial charge in [-0.05, 0) is 19.1 Å². The number of esters is 1. The van der Waals surface area contributed by atoms with Gasteiger partial charge in [-0.2, -0.15) is 0 Å². The third-order valence-electron chi connectivity index (χ3n) is 2.44. The van der Waals surface area contributed by atoms with E-state index in [0.717, 1.165) is 0 Å². The number of hydrogen-bond acceptors (Lipinski definition) is 4. The Kier molecular flexibility index (Phi) is 2.49. The zero-order chi connectivity index (χ0) is 10.8. The van der Waals surface area contributed by atoms with Crippen molar-refractivity contribution < 1.29 is 14.3 Å². The van der Waals surface area contributed by atoms with Gasteiger partial charge in [0.2, 0.25) is 0 Å². The lowest BCUT2D eigenvalue weighted by Crippen LogP contribution is -2.23. The Bertz CT molecular complexity index is 414. The molecule has 0 aliphatic heterocycles. The quantitative estimate of drug-likeness (QED) is 0.534. The minimum Gasteiger partial charge on any atom is -0.465 e. The van der Waals surface area contributed by atoms with Crippen molar-refractivity contribution in [1.82, 2.24) is 4.98 Å². The number of aromatic nitrogens is 1. The molecule has 0 amide bonds. The van der Waals surface area contributed by atoms with Crippen molar-refractivity contribution in [3.8, 4) is 0 Å². The fourth-order valence-corrected chi connectivity index (χ4v) is 1.73. The van der Waals surface area contributed by atoms with Crippen LogP contribution in [0.3, 0.4) is 0 Å². The number of hydrogen-bond donors (Lipinski definition) is 0. The first-order chi connectivity index (χ1) is 7.24. The van der Waals surface area contributed by atoms with Crippen molar-refractivity contribution in [2.45, 2.75) is 13.3 Å². The first-order valence-electron chi connectivity index (χ1n) is 4.88. The highest BCUT2D eigenvalue weighted by molar-refractivity contribution is 6.11. The maximum Gasteiger partial charge on any atom is 0.317 e. The van der Waals surface area contributed by atoms with Crippen molar-refractivity contribution in [2.24, 2.45) is 5.92 Å². The first kappa shape index (κ1) is 9.83. The van der Waals surface area contributed by atoms with Crippen LogP contribution in [0, 0.1) is 5.92 Å². The van der Waals surface area contributed by atoms with E-state index in [-0.39, 0.29) is 5.78 Å². The summed E-state index contributed by atoms with van der Waals surface area (Å²) in [7, 11) is 0. The normalized spacial score (nSPS) is 18.7. The molecule has 4 nitrogen and oxygen atoms in total. The molecule has 1 atom stereocenters. The molecule has 0 aromatic carbocycles. The lowest BCUT2D eigenvalue weighted by Gasteiger charge is -2.05. The number of pyridine rings is 1. The average Bonchev–Trinajstić information content (AvgIpc) is 2.57. The molecule has 2 rings (SSSR count). The minimum absolute atomic E-state index is 0.170. The van der Waals surface area contributed by atoms with Crippen molar-refractivity contribution in [3.63, 3.8) is 0 Å². The predicted molar refractivity (Wildman–Crippen MR) is 52.4 cm³/mol. The van der Waals surface area contributed by atoms with Crippen LogP contribution in [-0.4, -0.2) is 23.3 Å². The molecule has 0 fully saturated rings. The third-order valence-corrected chi connectivity index (χ3v) is 2.44. The van der Waals surface area contributed by atoms with Crippen LogP contribution in [0.25, 0.3) is 0 Å². The second-order valence-electron chi connectivity index (χ2n) is 3.37. The van der Waals surface area contributed by atoms with E-state index in [2.05, 4.69) is 4.98 Å². The maximum absolute atomic E-state index is 11.8. The summed E-state index contributed by atoms with van der Waals surface area (Å²) in [6, 6.07) is 3.40. The third kappa shape index (κ3) is 1.63. The molecule has 78 valence electrons. The molecule has 0 spiro atoms. The molecule has 0 saturated carbocycles. The molecule has 0 saturated heterocycles. The number of carbonyl (C=O) groups is 2. The SMILES string of the molecule is CCOC(=O)C1Cc2ncccc2C1=O. The predicted octanol–water partition coefficient (Wildman–Crippen LogP) is 1.000. The maximum atomic E-state index is 11.8. The molecule has 1 aromatic rings. The molecule has 0 radical (unpaired) electrons. The zero-order valence-corrected chi connectivity index (χ0v) is 8.40. The topological polar surface area (TPSA) is 56.3 Å². The van der Waals surface area contributed by atoms with Gasteiger partial charge in [-0.3, -0.25) is 14.6 Å². The molecule has 0 bridgehead atoms. The summed E-state index contributed by atoms with van der Waals surface area (Å²) in [4.78, 5) is 27.3. The molecule has 1 unspecified atom stereocenters. The molecule has 4 heteroatoms. The van der Waals surface area contributed by atoms with E-state index in [1.54, 1.807) is 25.3 Å². The van der Waals surface area contributed by atoms with Crippen LogP contribution in [-0.2, 0) is 16.0 Å². The van der Waals surface area contributed by atoms with Gasteiger partial charge in [-0.25, -0.2) is 0 Å². The summed E-state index contributed by atoms with van der Waals surface area (Å²) < 4.78 is 4.84. The van der Waals surface area contributed by atoms with E-state index in [4.69, 9.17) is 4.74 Å². The number of nitrogens with zero attached hydrogens (tertiary/aromatic N) is 1. The lowest BCUT2D eigenvalue weighted by atomic mass is 10.1. The Balaban J connectivity index is 2.24. The summed E-state index contributed by atoms with van der Waals surface area (Å²) in [5.41, 5.74) is 1.25. The summed E-state index contributed by atoms with van der Waals surface area (Å²) >= 11 is 0. The zero-order valence-electron chi connectivity index (χ0n) is 8.40. The minimum atomic E-state index is -0.685. The van der Waals surface area contributed by atoms with E-state index in [9.17, 15) is 9.59 Å². The molecule has 1 heterocycles. The molecular formula is C11H11NO3. The van der Waals surface area contributed by atoms with Crippen LogP contribution >= 0.6 is 0 Å². The van der Waals surface area contributed by atoms with Gasteiger partial charge in [-0.1, -0.05) is 0 Å². The monoisotopic (exact) mass is 205 g/mol. The highest BCUT2D eigenvalue weighted by atomic mass is 16.5. The Labute approximate surface area is 87.3 Å². The van der Waals surface area contributed by atoms with Crippen LogP contribution in [0.5, 0.6) is 0 Å². The molecular weight excluding hydrogens is 194 g/mol. The summed E-state index contributed by atoms with van der Waals surface area (Å²) in [6.07, 6.45) is 1.99. The second-order valence-corrected chi connectivity index (χ2v) is 3.37.